The van der Waals surface area contributed by atoms with E-state index in [0.29, 0.717) is 11.3 Å². The molecule has 0 aliphatic carbocycles. The van der Waals surface area contributed by atoms with Crippen molar-refractivity contribution in [1.29, 1.82) is 0 Å². The van der Waals surface area contributed by atoms with Crippen LogP contribution in [0.2, 0.25) is 0 Å². The number of nitrogen functional groups attached to an aromatic ring is 1. The van der Waals surface area contributed by atoms with Gasteiger partial charge in [-0.25, -0.2) is 4.39 Å². The van der Waals surface area contributed by atoms with Crippen LogP contribution in [0.1, 0.15) is 5.56 Å². The minimum Gasteiger partial charge on any atom is -0.508 e. The number of hydrogen-bond acceptors (Lipinski definition) is 3. The topological polar surface area (TPSA) is 55.5 Å². The summed E-state index contributed by atoms with van der Waals surface area (Å²) in [5.41, 5.74) is 6.19. The van der Waals surface area contributed by atoms with Gasteiger partial charge in [-0.15, -0.1) is 0 Å². The van der Waals surface area contributed by atoms with E-state index >= 15 is 0 Å². The molecule has 0 heterocycles. The number of phenolic OH excluding ortho intramolecular Hbond substituents is 1. The van der Waals surface area contributed by atoms with Crippen LogP contribution >= 0.6 is 0 Å². The number of ether oxygens (including phenoxy) is 1. The molecule has 17 heavy (non-hydrogen) atoms. The third-order valence-corrected chi connectivity index (χ3v) is 2.31. The number of benzene rings is 2. The summed E-state index contributed by atoms with van der Waals surface area (Å²) < 4.78 is 18.6. The molecule has 2 rings (SSSR count). The van der Waals surface area contributed by atoms with Crippen LogP contribution in [0, 0.1) is 5.82 Å². The molecule has 0 aromatic heterocycles. The molecule has 88 valence electrons. The van der Waals surface area contributed by atoms with Gasteiger partial charge < -0.3 is 15.6 Å². The molecule has 2 aromatic rings. The Morgan fingerprint density at radius 3 is 2.47 bits per heavy atom. The lowest BCUT2D eigenvalue weighted by Crippen LogP contribution is -1.98. The Bertz CT molecular complexity index is 511. The van der Waals surface area contributed by atoms with E-state index in [2.05, 4.69) is 0 Å². The molecular weight excluding hydrogens is 221 g/mol. The molecule has 3 nitrogen and oxygen atoms in total. The molecule has 0 unspecified atom stereocenters. The average Bonchev–Trinajstić information content (AvgIpc) is 2.33. The van der Waals surface area contributed by atoms with Crippen LogP contribution in [-0.2, 0) is 6.61 Å². The van der Waals surface area contributed by atoms with Crippen LogP contribution in [0.4, 0.5) is 10.1 Å². The maximum atomic E-state index is 13.1. The number of nitrogens with two attached hydrogens (primary N) is 1. The number of hydrogen-bond donors (Lipinski definition) is 2. The van der Waals surface area contributed by atoms with Crippen LogP contribution in [0.25, 0.3) is 0 Å². The minimum atomic E-state index is -0.447. The van der Waals surface area contributed by atoms with E-state index in [9.17, 15) is 4.39 Å². The molecule has 0 bridgehead atoms. The Balaban J connectivity index is 2.02. The first kappa shape index (κ1) is 11.3. The van der Waals surface area contributed by atoms with Gasteiger partial charge in [-0.05, 0) is 42.0 Å². The number of rotatable bonds is 3. The highest BCUT2D eigenvalue weighted by molar-refractivity contribution is 5.41. The third-order valence-electron chi connectivity index (χ3n) is 2.31. The van der Waals surface area contributed by atoms with Crippen molar-refractivity contribution in [2.75, 3.05) is 5.73 Å². The summed E-state index contributed by atoms with van der Waals surface area (Å²) in [6, 6.07) is 10.9. The normalized spacial score (nSPS) is 10.2. The van der Waals surface area contributed by atoms with Gasteiger partial charge in [0.15, 0.2) is 0 Å². The van der Waals surface area contributed by atoms with Crippen LogP contribution in [-0.4, -0.2) is 5.11 Å². The van der Waals surface area contributed by atoms with Crippen molar-refractivity contribution < 1.29 is 14.2 Å². The molecule has 4 heteroatoms. The summed E-state index contributed by atoms with van der Waals surface area (Å²) >= 11 is 0. The Morgan fingerprint density at radius 2 is 1.82 bits per heavy atom. The number of halogens is 1. The van der Waals surface area contributed by atoms with Crippen molar-refractivity contribution in [3.8, 4) is 11.5 Å². The van der Waals surface area contributed by atoms with E-state index in [1.165, 1.54) is 24.3 Å². The molecule has 0 spiro atoms. The molecule has 0 saturated carbocycles. The molecule has 0 atom stereocenters. The largest absolute Gasteiger partial charge is 0.508 e. The van der Waals surface area contributed by atoms with E-state index in [4.69, 9.17) is 15.6 Å². The zero-order valence-electron chi connectivity index (χ0n) is 9.06. The lowest BCUT2D eigenvalue weighted by Gasteiger charge is -2.07. The highest BCUT2D eigenvalue weighted by Gasteiger charge is 2.01. The summed E-state index contributed by atoms with van der Waals surface area (Å²) in [6.07, 6.45) is 0. The van der Waals surface area contributed by atoms with Gasteiger partial charge in [0.1, 0.15) is 23.9 Å². The molecule has 2 aromatic carbocycles. The fourth-order valence-electron chi connectivity index (χ4n) is 1.37. The predicted octanol–water partition coefficient (Wildman–Crippen LogP) is 2.69. The monoisotopic (exact) mass is 233 g/mol. The van der Waals surface area contributed by atoms with Gasteiger partial charge in [-0.3, -0.25) is 0 Å². The SMILES string of the molecule is Nc1ccc(COc2ccc(O)cc2)cc1F. The first-order chi connectivity index (χ1) is 8.15. The van der Waals surface area contributed by atoms with Gasteiger partial charge in [0.2, 0.25) is 0 Å². The smallest absolute Gasteiger partial charge is 0.146 e. The lowest BCUT2D eigenvalue weighted by molar-refractivity contribution is 0.305. The second kappa shape index (κ2) is 4.74. The third kappa shape index (κ3) is 2.87. The number of aromatic hydroxyl groups is 1. The summed E-state index contributed by atoms with van der Waals surface area (Å²) in [5, 5.41) is 9.09. The van der Waals surface area contributed by atoms with Gasteiger partial charge in [0.05, 0.1) is 5.69 Å². The molecule has 0 aliphatic rings. The van der Waals surface area contributed by atoms with Crippen LogP contribution in [0.3, 0.4) is 0 Å². The Kier molecular flexibility index (Phi) is 3.14. The summed E-state index contributed by atoms with van der Waals surface area (Å²) in [6.45, 7) is 0.252. The number of anilines is 1. The van der Waals surface area contributed by atoms with Crippen molar-refractivity contribution >= 4 is 5.69 Å². The molecular formula is C13H12FNO2. The van der Waals surface area contributed by atoms with E-state index in [-0.39, 0.29) is 18.0 Å². The zero-order valence-corrected chi connectivity index (χ0v) is 9.06. The van der Waals surface area contributed by atoms with E-state index in [1.807, 2.05) is 0 Å². The van der Waals surface area contributed by atoms with Crippen LogP contribution in [0.5, 0.6) is 11.5 Å². The molecule has 0 aliphatic heterocycles. The van der Waals surface area contributed by atoms with Crippen LogP contribution in [0.15, 0.2) is 42.5 Å². The summed E-state index contributed by atoms with van der Waals surface area (Å²) in [5.74, 6) is 0.340. The Hall–Kier alpha value is -2.23. The Morgan fingerprint density at radius 1 is 1.12 bits per heavy atom. The Labute approximate surface area is 98.3 Å². The van der Waals surface area contributed by atoms with E-state index in [0.717, 1.165) is 0 Å². The van der Waals surface area contributed by atoms with Gasteiger partial charge in [0.25, 0.3) is 0 Å². The maximum Gasteiger partial charge on any atom is 0.146 e. The lowest BCUT2D eigenvalue weighted by atomic mass is 10.2. The highest BCUT2D eigenvalue weighted by atomic mass is 19.1. The summed E-state index contributed by atoms with van der Waals surface area (Å²) in [4.78, 5) is 0. The van der Waals surface area contributed by atoms with Crippen molar-refractivity contribution in [2.45, 2.75) is 6.61 Å². The van der Waals surface area contributed by atoms with Gasteiger partial charge in [-0.1, -0.05) is 6.07 Å². The quantitative estimate of drug-likeness (QED) is 0.801. The second-order valence-corrected chi connectivity index (χ2v) is 3.64. The van der Waals surface area contributed by atoms with E-state index in [1.54, 1.807) is 18.2 Å². The second-order valence-electron chi connectivity index (χ2n) is 3.64. The highest BCUT2D eigenvalue weighted by Crippen LogP contribution is 2.18. The molecule has 0 radical (unpaired) electrons. The predicted molar refractivity (Wildman–Crippen MR) is 63.3 cm³/mol. The molecule has 0 fully saturated rings. The van der Waals surface area contributed by atoms with Gasteiger partial charge in [0, 0.05) is 0 Å². The fourth-order valence-corrected chi connectivity index (χ4v) is 1.37. The molecule has 3 N–H and O–H groups in total. The van der Waals surface area contributed by atoms with Crippen molar-refractivity contribution in [3.05, 3.63) is 53.8 Å². The zero-order chi connectivity index (χ0) is 12.3. The number of phenols is 1. The molecule has 0 saturated heterocycles. The van der Waals surface area contributed by atoms with Gasteiger partial charge in [-0.2, -0.15) is 0 Å². The van der Waals surface area contributed by atoms with Crippen molar-refractivity contribution in [3.63, 3.8) is 0 Å². The first-order valence-electron chi connectivity index (χ1n) is 5.11. The fraction of sp³-hybridized carbons (Fsp3) is 0.0769. The standard InChI is InChI=1S/C13H12FNO2/c14-12-7-9(1-6-13(12)15)8-17-11-4-2-10(16)3-5-11/h1-7,16H,8,15H2. The van der Waals surface area contributed by atoms with E-state index < -0.39 is 5.82 Å². The maximum absolute atomic E-state index is 13.1. The van der Waals surface area contributed by atoms with Gasteiger partial charge >= 0.3 is 0 Å². The summed E-state index contributed by atoms with van der Waals surface area (Å²) in [7, 11) is 0. The van der Waals surface area contributed by atoms with Crippen molar-refractivity contribution in [2.24, 2.45) is 0 Å². The first-order valence-corrected chi connectivity index (χ1v) is 5.11. The van der Waals surface area contributed by atoms with Crippen molar-refractivity contribution in [1.82, 2.24) is 0 Å². The minimum absolute atomic E-state index is 0.124. The average molecular weight is 233 g/mol. The molecule has 0 amide bonds. The van der Waals surface area contributed by atoms with Crippen LogP contribution < -0.4 is 10.5 Å².